The van der Waals surface area contributed by atoms with Crippen LogP contribution in [0.25, 0.3) is 0 Å². The molecule has 6 nitrogen and oxygen atoms in total. The molecule has 1 aliphatic heterocycles. The average Bonchev–Trinajstić information content (AvgIpc) is 2.67. The first-order valence-corrected chi connectivity index (χ1v) is 10.6. The van der Waals surface area contributed by atoms with E-state index in [1.807, 2.05) is 6.55 Å². The Hall–Kier alpha value is -0.513. The third-order valence-electron chi connectivity index (χ3n) is 3.65. The van der Waals surface area contributed by atoms with Crippen LogP contribution >= 0.6 is 0 Å². The predicted molar refractivity (Wildman–Crippen MR) is 74.6 cm³/mol. The molecule has 1 heterocycles. The van der Waals surface area contributed by atoms with Gasteiger partial charge in [0.05, 0.1) is 5.75 Å². The molecule has 0 radical (unpaired) electrons. The molecule has 1 fully saturated rings. The summed E-state index contributed by atoms with van der Waals surface area (Å²) >= 11 is 0. The Morgan fingerprint density at radius 3 is 2.50 bits per heavy atom. The highest BCUT2D eigenvalue weighted by Crippen LogP contribution is 2.22. The molecule has 0 aromatic rings. The lowest BCUT2D eigenvalue weighted by molar-refractivity contribution is -0.127. The van der Waals surface area contributed by atoms with E-state index in [1.54, 1.807) is 19.1 Å². The molecule has 0 saturated carbocycles. The number of halogens is 1. The van der Waals surface area contributed by atoms with Crippen molar-refractivity contribution in [1.29, 1.82) is 0 Å². The Bertz CT molecular complexity index is 440. The lowest BCUT2D eigenvalue weighted by Gasteiger charge is -2.24. The van der Waals surface area contributed by atoms with Gasteiger partial charge in [-0.15, -0.1) is 3.89 Å². The number of likely N-dealkylation sites (tertiary alicyclic amines) is 1. The van der Waals surface area contributed by atoms with Crippen molar-refractivity contribution in [2.75, 3.05) is 33.1 Å². The van der Waals surface area contributed by atoms with E-state index < -0.39 is 30.5 Å². The van der Waals surface area contributed by atoms with Crippen LogP contribution in [0.2, 0.25) is 12.6 Å². The zero-order valence-corrected chi connectivity index (χ0v) is 13.9. The van der Waals surface area contributed by atoms with Gasteiger partial charge in [0.15, 0.2) is 0 Å². The minimum Gasteiger partial charge on any atom is -0.398 e. The normalized spacial score (nSPS) is 20.7. The van der Waals surface area contributed by atoms with Gasteiger partial charge in [0, 0.05) is 39.6 Å². The average molecular weight is 327 g/mol. The third kappa shape index (κ3) is 5.47. The van der Waals surface area contributed by atoms with Crippen LogP contribution in [0.5, 0.6) is 0 Å². The van der Waals surface area contributed by atoms with Crippen molar-refractivity contribution in [3.63, 3.8) is 0 Å². The van der Waals surface area contributed by atoms with E-state index in [9.17, 15) is 17.1 Å². The second-order valence-electron chi connectivity index (χ2n) is 5.26. The van der Waals surface area contributed by atoms with Gasteiger partial charge in [0.25, 0.3) is 0 Å². The topological polar surface area (TPSA) is 72.9 Å². The fourth-order valence-electron chi connectivity index (χ4n) is 2.34. The Morgan fingerprint density at radius 2 is 2.00 bits per heavy atom. The molecule has 118 valence electrons. The molecule has 0 spiro atoms. The smallest absolute Gasteiger partial charge is 0.334 e. The number of rotatable bonds is 8. The number of nitrogens with zero attached hydrogens (tertiary/aromatic N) is 1. The molecule has 0 N–H and O–H groups in total. The second kappa shape index (κ2) is 6.97. The van der Waals surface area contributed by atoms with E-state index in [0.717, 1.165) is 12.5 Å². The Balaban J connectivity index is 2.40. The maximum absolute atomic E-state index is 12.6. The zero-order chi connectivity index (χ0) is 15.4. The van der Waals surface area contributed by atoms with Gasteiger partial charge in [-0.25, -0.2) is 0 Å². The quantitative estimate of drug-likeness (QED) is 0.489. The maximum atomic E-state index is 12.6. The van der Waals surface area contributed by atoms with Crippen molar-refractivity contribution >= 4 is 24.7 Å². The molecule has 1 rings (SSSR count). The maximum Gasteiger partial charge on any atom is 0.334 e. The number of amides is 1. The monoisotopic (exact) mass is 327 g/mol. The van der Waals surface area contributed by atoms with Crippen LogP contribution in [0.15, 0.2) is 0 Å². The molecular weight excluding hydrogens is 305 g/mol. The van der Waals surface area contributed by atoms with Crippen molar-refractivity contribution in [2.45, 2.75) is 25.4 Å². The fourth-order valence-corrected chi connectivity index (χ4v) is 4.50. The largest absolute Gasteiger partial charge is 0.398 e. The first kappa shape index (κ1) is 17.5. The van der Waals surface area contributed by atoms with E-state index in [1.165, 1.54) is 0 Å². The van der Waals surface area contributed by atoms with E-state index in [0.29, 0.717) is 13.1 Å². The van der Waals surface area contributed by atoms with Crippen LogP contribution in [-0.2, 0) is 23.9 Å². The van der Waals surface area contributed by atoms with Gasteiger partial charge >= 0.3 is 18.8 Å². The van der Waals surface area contributed by atoms with Gasteiger partial charge in [-0.05, 0) is 19.0 Å². The fraction of sp³-hybridized carbons (Fsp3) is 0.909. The molecule has 1 unspecified atom stereocenters. The molecule has 0 aliphatic carbocycles. The van der Waals surface area contributed by atoms with Crippen LogP contribution in [0.4, 0.5) is 3.89 Å². The molecule has 20 heavy (non-hydrogen) atoms. The highest BCUT2D eigenvalue weighted by Gasteiger charge is 2.34. The van der Waals surface area contributed by atoms with Crippen LogP contribution < -0.4 is 0 Å². The summed E-state index contributed by atoms with van der Waals surface area (Å²) < 4.78 is 44.5. The molecule has 1 amide bonds. The summed E-state index contributed by atoms with van der Waals surface area (Å²) in [5.41, 5.74) is 0. The number of carbonyl (C=O) groups is 1. The van der Waals surface area contributed by atoms with Crippen molar-refractivity contribution in [3.05, 3.63) is 0 Å². The summed E-state index contributed by atoms with van der Waals surface area (Å²) in [4.78, 5) is 13.3. The highest BCUT2D eigenvalue weighted by molar-refractivity contribution is 7.86. The molecule has 0 aromatic carbocycles. The predicted octanol–water partition coefficient (Wildman–Crippen LogP) is 0.889. The van der Waals surface area contributed by atoms with E-state index in [2.05, 4.69) is 0 Å². The van der Waals surface area contributed by atoms with Gasteiger partial charge in [0.2, 0.25) is 5.91 Å². The highest BCUT2D eigenvalue weighted by atomic mass is 32.3. The van der Waals surface area contributed by atoms with Crippen LogP contribution in [-0.4, -0.2) is 60.8 Å². The first-order chi connectivity index (χ1) is 9.19. The SMILES string of the molecule is CO[Si](C)(CCCN1CC(CS(=O)(=O)F)CC1=O)OC. The molecule has 9 heteroatoms. The van der Waals surface area contributed by atoms with Crippen molar-refractivity contribution in [3.8, 4) is 0 Å². The molecule has 1 atom stereocenters. The Labute approximate surface area is 120 Å². The van der Waals surface area contributed by atoms with E-state index in [4.69, 9.17) is 8.85 Å². The standard InChI is InChI=1S/C11H22FNO5SSi/c1-17-20(3,18-2)6-4-5-13-8-10(7-11(13)14)9-19(12,15)16/h10H,4-9H2,1-3H3. The molecule has 0 aromatic heterocycles. The number of hydrogen-bond donors (Lipinski definition) is 0. The zero-order valence-electron chi connectivity index (χ0n) is 12.1. The molecule has 1 saturated heterocycles. The Morgan fingerprint density at radius 1 is 1.40 bits per heavy atom. The summed E-state index contributed by atoms with van der Waals surface area (Å²) in [6.45, 7) is 2.77. The van der Waals surface area contributed by atoms with Gasteiger partial charge < -0.3 is 13.8 Å². The van der Waals surface area contributed by atoms with Crippen LogP contribution in [0.1, 0.15) is 12.8 Å². The van der Waals surface area contributed by atoms with Gasteiger partial charge in [0.1, 0.15) is 0 Å². The van der Waals surface area contributed by atoms with E-state index >= 15 is 0 Å². The first-order valence-electron chi connectivity index (χ1n) is 6.49. The molecular formula is C11H22FNO5SSi. The molecule has 0 bridgehead atoms. The van der Waals surface area contributed by atoms with E-state index in [-0.39, 0.29) is 12.3 Å². The Kier molecular flexibility index (Phi) is 6.11. The summed E-state index contributed by atoms with van der Waals surface area (Å²) in [6, 6.07) is 0.746. The van der Waals surface area contributed by atoms with Crippen LogP contribution in [0, 0.1) is 5.92 Å². The number of hydrogen-bond acceptors (Lipinski definition) is 5. The summed E-state index contributed by atoms with van der Waals surface area (Å²) in [6.07, 6.45) is 0.831. The summed E-state index contributed by atoms with van der Waals surface area (Å²) in [7, 11) is -3.44. The van der Waals surface area contributed by atoms with Crippen molar-refractivity contribution in [1.82, 2.24) is 4.90 Å². The third-order valence-corrected chi connectivity index (χ3v) is 7.51. The lowest BCUT2D eigenvalue weighted by atomic mass is 10.1. The number of carbonyl (C=O) groups excluding carboxylic acids is 1. The van der Waals surface area contributed by atoms with Crippen LogP contribution in [0.3, 0.4) is 0 Å². The lowest BCUT2D eigenvalue weighted by Crippen LogP contribution is -2.37. The van der Waals surface area contributed by atoms with Crippen molar-refractivity contribution in [2.24, 2.45) is 5.92 Å². The minimum atomic E-state index is -4.52. The van der Waals surface area contributed by atoms with Crippen molar-refractivity contribution < 1.29 is 26.0 Å². The summed E-state index contributed by atoms with van der Waals surface area (Å²) in [5, 5.41) is 0. The van der Waals surface area contributed by atoms with Gasteiger partial charge in [-0.2, -0.15) is 8.42 Å². The van der Waals surface area contributed by atoms with Gasteiger partial charge in [-0.1, -0.05) is 0 Å². The second-order valence-corrected chi connectivity index (χ2v) is 10.3. The van der Waals surface area contributed by atoms with Gasteiger partial charge in [-0.3, -0.25) is 4.79 Å². The summed E-state index contributed by atoms with van der Waals surface area (Å²) in [5.74, 6) is -1.12. The molecule has 1 aliphatic rings. The minimum absolute atomic E-state index is 0.104.